The Hall–Kier alpha value is -1.36. The summed E-state index contributed by atoms with van der Waals surface area (Å²) in [5, 5.41) is 3.18. The first-order valence-corrected chi connectivity index (χ1v) is 8.22. The van der Waals surface area contributed by atoms with Gasteiger partial charge in [0.2, 0.25) is 5.95 Å². The molecule has 2 aromatic heterocycles. The molecule has 0 unspecified atom stereocenters. The quantitative estimate of drug-likeness (QED) is 0.876. The number of hydrogen-bond acceptors (Lipinski definition) is 5. The lowest BCUT2D eigenvalue weighted by Gasteiger charge is -2.33. The highest BCUT2D eigenvalue weighted by molar-refractivity contribution is 7.16. The minimum Gasteiger partial charge on any atom is -0.368 e. The average Bonchev–Trinajstić information content (AvgIpc) is 2.85. The van der Waals surface area contributed by atoms with Gasteiger partial charge in [0.25, 0.3) is 0 Å². The molecule has 0 aliphatic heterocycles. The fourth-order valence-corrected chi connectivity index (χ4v) is 3.37. The molecule has 20 heavy (non-hydrogen) atoms. The van der Waals surface area contributed by atoms with Crippen LogP contribution >= 0.6 is 11.3 Å². The Morgan fingerprint density at radius 2 is 1.95 bits per heavy atom. The van der Waals surface area contributed by atoms with E-state index in [-0.39, 0.29) is 0 Å². The summed E-state index contributed by atoms with van der Waals surface area (Å²) < 4.78 is 0. The molecule has 2 rings (SSSR count). The summed E-state index contributed by atoms with van der Waals surface area (Å²) >= 11 is 1.62. The fourth-order valence-electron chi connectivity index (χ4n) is 2.61. The maximum absolute atomic E-state index is 5.89. The molecule has 2 aromatic rings. The van der Waals surface area contributed by atoms with Crippen molar-refractivity contribution in [1.29, 1.82) is 0 Å². The molecule has 2 heterocycles. The normalized spacial score (nSPS) is 11.7. The fraction of sp³-hybridized carbons (Fsp3) is 0.600. The molecule has 0 radical (unpaired) electrons. The number of hydrogen-bond donors (Lipinski definition) is 1. The van der Waals surface area contributed by atoms with Gasteiger partial charge in [-0.2, -0.15) is 4.98 Å². The molecule has 0 aliphatic rings. The Bertz CT molecular complexity index is 560. The van der Waals surface area contributed by atoms with Crippen molar-refractivity contribution in [3.8, 4) is 0 Å². The minimum absolute atomic E-state index is 0.370. The summed E-state index contributed by atoms with van der Waals surface area (Å²) in [5.74, 6) is 1.95. The Morgan fingerprint density at radius 3 is 2.55 bits per heavy atom. The van der Waals surface area contributed by atoms with E-state index in [1.54, 1.807) is 11.3 Å². The molecule has 2 N–H and O–H groups in total. The van der Waals surface area contributed by atoms with Gasteiger partial charge in [-0.25, -0.2) is 4.98 Å². The largest absolute Gasteiger partial charge is 0.368 e. The van der Waals surface area contributed by atoms with E-state index in [4.69, 9.17) is 5.73 Å². The van der Waals surface area contributed by atoms with Crippen LogP contribution in [0.5, 0.6) is 0 Å². The predicted octanol–water partition coefficient (Wildman–Crippen LogP) is 3.92. The van der Waals surface area contributed by atoms with Crippen LogP contribution in [-0.4, -0.2) is 22.6 Å². The second-order valence-electron chi connectivity index (χ2n) is 5.56. The van der Waals surface area contributed by atoms with Crippen LogP contribution in [0.4, 0.5) is 11.8 Å². The standard InChI is InChI=1S/C15H24N4S/c1-5-11(6-2)19(9-10(3)4)13-12-7-8-20-14(12)18-15(16)17-13/h7-8,10-11H,5-6,9H2,1-4H3,(H2,16,17,18). The lowest BCUT2D eigenvalue weighted by molar-refractivity contribution is 0.505. The van der Waals surface area contributed by atoms with Gasteiger partial charge < -0.3 is 10.6 Å². The van der Waals surface area contributed by atoms with E-state index in [1.807, 2.05) is 0 Å². The van der Waals surface area contributed by atoms with Crippen molar-refractivity contribution in [3.05, 3.63) is 11.4 Å². The Morgan fingerprint density at radius 1 is 1.25 bits per heavy atom. The molecule has 0 atom stereocenters. The maximum Gasteiger partial charge on any atom is 0.223 e. The van der Waals surface area contributed by atoms with Gasteiger partial charge in [-0.05, 0) is 30.2 Å². The number of aromatic nitrogens is 2. The zero-order valence-corrected chi connectivity index (χ0v) is 13.6. The second kappa shape index (κ2) is 6.39. The molecular weight excluding hydrogens is 268 g/mol. The number of thiophene rings is 1. The number of anilines is 2. The first kappa shape index (κ1) is 15.0. The van der Waals surface area contributed by atoms with Crippen molar-refractivity contribution in [3.63, 3.8) is 0 Å². The zero-order valence-electron chi connectivity index (χ0n) is 12.8. The molecule has 0 amide bonds. The van der Waals surface area contributed by atoms with Crippen LogP contribution in [0.3, 0.4) is 0 Å². The van der Waals surface area contributed by atoms with E-state index >= 15 is 0 Å². The molecule has 4 nitrogen and oxygen atoms in total. The van der Waals surface area contributed by atoms with Gasteiger partial charge in [-0.3, -0.25) is 0 Å². The molecule has 5 heteroatoms. The van der Waals surface area contributed by atoms with E-state index in [1.165, 1.54) is 0 Å². The van der Waals surface area contributed by atoms with Gasteiger partial charge in [0.1, 0.15) is 10.6 Å². The summed E-state index contributed by atoms with van der Waals surface area (Å²) in [7, 11) is 0. The van der Waals surface area contributed by atoms with Crippen LogP contribution in [0.15, 0.2) is 11.4 Å². The van der Waals surface area contributed by atoms with Crippen LogP contribution in [-0.2, 0) is 0 Å². The van der Waals surface area contributed by atoms with Crippen molar-refractivity contribution < 1.29 is 0 Å². The first-order valence-electron chi connectivity index (χ1n) is 7.34. The highest BCUT2D eigenvalue weighted by Crippen LogP contribution is 2.31. The molecular formula is C15H24N4S. The molecule has 0 fully saturated rings. The summed E-state index contributed by atoms with van der Waals surface area (Å²) in [4.78, 5) is 12.3. The van der Waals surface area contributed by atoms with Crippen molar-refractivity contribution in [2.24, 2.45) is 5.92 Å². The van der Waals surface area contributed by atoms with Crippen LogP contribution in [0.2, 0.25) is 0 Å². The van der Waals surface area contributed by atoms with E-state index in [0.29, 0.717) is 17.9 Å². The van der Waals surface area contributed by atoms with Crippen molar-refractivity contribution in [1.82, 2.24) is 9.97 Å². The van der Waals surface area contributed by atoms with Crippen LogP contribution in [0.25, 0.3) is 10.2 Å². The monoisotopic (exact) mass is 292 g/mol. The molecule has 0 aliphatic carbocycles. The maximum atomic E-state index is 5.89. The van der Waals surface area contributed by atoms with Gasteiger partial charge in [0.05, 0.1) is 5.39 Å². The van der Waals surface area contributed by atoms with E-state index < -0.39 is 0 Å². The third kappa shape index (κ3) is 3.03. The van der Waals surface area contributed by atoms with Gasteiger partial charge in [-0.15, -0.1) is 11.3 Å². The molecule has 0 spiro atoms. The number of rotatable bonds is 6. The molecule has 0 aromatic carbocycles. The second-order valence-corrected chi connectivity index (χ2v) is 6.46. The van der Waals surface area contributed by atoms with E-state index in [2.05, 4.69) is 54.0 Å². The Kier molecular flexibility index (Phi) is 4.81. The smallest absolute Gasteiger partial charge is 0.223 e. The number of nitrogens with zero attached hydrogens (tertiary/aromatic N) is 3. The highest BCUT2D eigenvalue weighted by atomic mass is 32.1. The van der Waals surface area contributed by atoms with E-state index in [9.17, 15) is 0 Å². The zero-order chi connectivity index (χ0) is 14.7. The van der Waals surface area contributed by atoms with Crippen molar-refractivity contribution in [2.75, 3.05) is 17.2 Å². The van der Waals surface area contributed by atoms with Crippen LogP contribution < -0.4 is 10.6 Å². The van der Waals surface area contributed by atoms with Gasteiger partial charge in [-0.1, -0.05) is 27.7 Å². The summed E-state index contributed by atoms with van der Waals surface area (Å²) in [6, 6.07) is 2.60. The van der Waals surface area contributed by atoms with Gasteiger partial charge >= 0.3 is 0 Å². The number of nitrogen functional groups attached to an aromatic ring is 1. The summed E-state index contributed by atoms with van der Waals surface area (Å²) in [5.41, 5.74) is 5.89. The SMILES string of the molecule is CCC(CC)N(CC(C)C)c1nc(N)nc2sccc12. The van der Waals surface area contributed by atoms with Gasteiger partial charge in [0.15, 0.2) is 0 Å². The topological polar surface area (TPSA) is 55.0 Å². The van der Waals surface area contributed by atoms with Crippen LogP contribution in [0.1, 0.15) is 40.5 Å². The number of fused-ring (bicyclic) bond motifs is 1. The Labute approximate surface area is 125 Å². The number of nitrogens with two attached hydrogens (primary N) is 1. The molecule has 0 saturated carbocycles. The van der Waals surface area contributed by atoms with E-state index in [0.717, 1.165) is 35.4 Å². The third-order valence-electron chi connectivity index (χ3n) is 3.54. The highest BCUT2D eigenvalue weighted by Gasteiger charge is 2.21. The van der Waals surface area contributed by atoms with Crippen LogP contribution in [0, 0.1) is 5.92 Å². The first-order chi connectivity index (χ1) is 9.56. The lowest BCUT2D eigenvalue weighted by Crippen LogP contribution is -2.38. The Balaban J connectivity index is 2.51. The van der Waals surface area contributed by atoms with Crippen molar-refractivity contribution in [2.45, 2.75) is 46.6 Å². The van der Waals surface area contributed by atoms with Gasteiger partial charge in [0, 0.05) is 12.6 Å². The summed E-state index contributed by atoms with van der Waals surface area (Å²) in [6.07, 6.45) is 2.22. The van der Waals surface area contributed by atoms with Crippen molar-refractivity contribution >= 4 is 33.3 Å². The molecule has 110 valence electrons. The molecule has 0 saturated heterocycles. The molecule has 0 bridgehead atoms. The predicted molar refractivity (Wildman–Crippen MR) is 88.4 cm³/mol. The third-order valence-corrected chi connectivity index (χ3v) is 4.35. The lowest BCUT2D eigenvalue weighted by atomic mass is 10.1. The minimum atomic E-state index is 0.370. The average molecular weight is 292 g/mol. The summed E-state index contributed by atoms with van der Waals surface area (Å²) in [6.45, 7) is 9.94.